The number of aldehydes is 1. The van der Waals surface area contributed by atoms with E-state index >= 15 is 0 Å². The summed E-state index contributed by atoms with van der Waals surface area (Å²) in [4.78, 5) is 11.2. The zero-order chi connectivity index (χ0) is 12.7. The lowest BCUT2D eigenvalue weighted by atomic mass is 9.90. The van der Waals surface area contributed by atoms with E-state index in [1.54, 1.807) is 0 Å². The minimum atomic E-state index is -0.440. The van der Waals surface area contributed by atoms with Gasteiger partial charge in [0.15, 0.2) is 5.79 Å². The summed E-state index contributed by atoms with van der Waals surface area (Å²) in [6.07, 6.45) is 12.7. The van der Waals surface area contributed by atoms with Crippen LogP contribution in [-0.4, -0.2) is 25.3 Å². The van der Waals surface area contributed by atoms with Gasteiger partial charge in [0.25, 0.3) is 0 Å². The minimum Gasteiger partial charge on any atom is -0.348 e. The summed E-state index contributed by atoms with van der Waals surface area (Å²) in [5.41, 5.74) is 0. The molecule has 1 atom stereocenters. The second kappa shape index (κ2) is 7.25. The van der Waals surface area contributed by atoms with Gasteiger partial charge in [-0.1, -0.05) is 38.5 Å². The Balaban J connectivity index is 1.94. The van der Waals surface area contributed by atoms with E-state index in [1.165, 1.54) is 38.5 Å². The van der Waals surface area contributed by atoms with Crippen LogP contribution >= 0.6 is 0 Å². The first-order valence-electron chi connectivity index (χ1n) is 7.58. The molecule has 0 aromatic rings. The average molecular weight is 254 g/mol. The molecule has 1 saturated carbocycles. The minimum absolute atomic E-state index is 0.113. The van der Waals surface area contributed by atoms with Gasteiger partial charge in [-0.25, -0.2) is 0 Å². The predicted octanol–water partition coefficient (Wildman–Crippen LogP) is 3.46. The fourth-order valence-corrected chi connectivity index (χ4v) is 3.16. The molecule has 1 aliphatic heterocycles. The maximum absolute atomic E-state index is 11.2. The van der Waals surface area contributed by atoms with Crippen LogP contribution in [-0.2, 0) is 14.3 Å². The normalized spacial score (nSPS) is 30.6. The Morgan fingerprint density at radius 1 is 0.889 bits per heavy atom. The van der Waals surface area contributed by atoms with Crippen molar-refractivity contribution >= 4 is 6.29 Å². The van der Waals surface area contributed by atoms with Gasteiger partial charge < -0.3 is 14.3 Å². The standard InChI is InChI=1S/C15H26O3/c16-13-14-8-6-4-2-1-3-5-7-9-15(12-14)17-10-11-18-15/h13-14H,1-12H2. The van der Waals surface area contributed by atoms with Crippen LogP contribution in [0.3, 0.4) is 0 Å². The van der Waals surface area contributed by atoms with Gasteiger partial charge in [-0.2, -0.15) is 0 Å². The first-order valence-corrected chi connectivity index (χ1v) is 7.58. The van der Waals surface area contributed by atoms with Gasteiger partial charge >= 0.3 is 0 Å². The van der Waals surface area contributed by atoms with Crippen LogP contribution in [0, 0.1) is 5.92 Å². The fourth-order valence-electron chi connectivity index (χ4n) is 3.16. The van der Waals surface area contributed by atoms with Crippen LogP contribution in [0.1, 0.15) is 64.2 Å². The molecule has 1 spiro atoms. The average Bonchev–Trinajstić information content (AvgIpc) is 2.82. The molecule has 0 radical (unpaired) electrons. The Bertz CT molecular complexity index is 246. The Hall–Kier alpha value is -0.410. The topological polar surface area (TPSA) is 35.5 Å². The smallest absolute Gasteiger partial charge is 0.169 e. The molecule has 2 rings (SSSR count). The lowest BCUT2D eigenvalue weighted by Gasteiger charge is -2.30. The SMILES string of the molecule is O=CC1CCCCCCCCCC2(C1)OCCO2. The molecule has 1 saturated heterocycles. The summed E-state index contributed by atoms with van der Waals surface area (Å²) >= 11 is 0. The number of rotatable bonds is 1. The molecule has 18 heavy (non-hydrogen) atoms. The first kappa shape index (κ1) is 14.0. The van der Waals surface area contributed by atoms with Crippen molar-refractivity contribution in [1.82, 2.24) is 0 Å². The largest absolute Gasteiger partial charge is 0.348 e. The van der Waals surface area contributed by atoms with Crippen molar-refractivity contribution in [2.75, 3.05) is 13.2 Å². The van der Waals surface area contributed by atoms with Gasteiger partial charge in [0.1, 0.15) is 6.29 Å². The third kappa shape index (κ3) is 4.06. The molecule has 0 N–H and O–H groups in total. The molecular weight excluding hydrogens is 228 g/mol. The summed E-state index contributed by atoms with van der Waals surface area (Å²) in [6, 6.07) is 0. The molecule has 0 bridgehead atoms. The van der Waals surface area contributed by atoms with Crippen LogP contribution in [0.2, 0.25) is 0 Å². The van der Waals surface area contributed by atoms with E-state index in [0.29, 0.717) is 13.2 Å². The number of carbonyl (C=O) groups is 1. The third-order valence-electron chi connectivity index (χ3n) is 4.21. The van der Waals surface area contributed by atoms with Gasteiger partial charge in [0, 0.05) is 18.8 Å². The zero-order valence-electron chi connectivity index (χ0n) is 11.4. The highest BCUT2D eigenvalue weighted by Gasteiger charge is 2.38. The summed E-state index contributed by atoms with van der Waals surface area (Å²) in [7, 11) is 0. The highest BCUT2D eigenvalue weighted by Crippen LogP contribution is 2.34. The van der Waals surface area contributed by atoms with Gasteiger partial charge in [0.2, 0.25) is 0 Å². The van der Waals surface area contributed by atoms with Gasteiger partial charge in [0.05, 0.1) is 13.2 Å². The molecule has 1 aliphatic carbocycles. The van der Waals surface area contributed by atoms with Crippen molar-refractivity contribution in [1.29, 1.82) is 0 Å². The van der Waals surface area contributed by atoms with E-state index in [4.69, 9.17) is 9.47 Å². The Morgan fingerprint density at radius 2 is 1.50 bits per heavy atom. The quantitative estimate of drug-likeness (QED) is 0.672. The molecular formula is C15H26O3. The van der Waals surface area contributed by atoms with Crippen molar-refractivity contribution < 1.29 is 14.3 Å². The van der Waals surface area contributed by atoms with Crippen LogP contribution in [0.5, 0.6) is 0 Å². The second-order valence-electron chi connectivity index (χ2n) is 5.72. The lowest BCUT2D eigenvalue weighted by Crippen LogP contribution is -2.33. The molecule has 1 unspecified atom stereocenters. The Morgan fingerprint density at radius 3 is 2.17 bits per heavy atom. The number of hydrogen-bond acceptors (Lipinski definition) is 3. The van der Waals surface area contributed by atoms with E-state index in [2.05, 4.69) is 0 Å². The van der Waals surface area contributed by atoms with E-state index in [-0.39, 0.29) is 5.92 Å². The Kier molecular flexibility index (Phi) is 5.64. The molecule has 2 fully saturated rings. The third-order valence-corrected chi connectivity index (χ3v) is 4.21. The maximum atomic E-state index is 11.2. The summed E-state index contributed by atoms with van der Waals surface area (Å²) in [5.74, 6) is -0.326. The van der Waals surface area contributed by atoms with E-state index in [9.17, 15) is 4.79 Å². The van der Waals surface area contributed by atoms with Crippen LogP contribution in [0.4, 0.5) is 0 Å². The van der Waals surface area contributed by atoms with E-state index in [1.807, 2.05) is 0 Å². The predicted molar refractivity (Wildman–Crippen MR) is 70.4 cm³/mol. The first-order chi connectivity index (χ1) is 8.85. The molecule has 104 valence electrons. The molecule has 2 aliphatic rings. The maximum Gasteiger partial charge on any atom is 0.169 e. The van der Waals surface area contributed by atoms with E-state index in [0.717, 1.165) is 32.0 Å². The number of ether oxygens (including phenoxy) is 2. The summed E-state index contributed by atoms with van der Waals surface area (Å²) in [5, 5.41) is 0. The highest BCUT2D eigenvalue weighted by atomic mass is 16.7. The van der Waals surface area contributed by atoms with E-state index < -0.39 is 5.79 Å². The highest BCUT2D eigenvalue weighted by molar-refractivity contribution is 5.53. The van der Waals surface area contributed by atoms with Crippen molar-refractivity contribution in [2.45, 2.75) is 70.0 Å². The molecule has 3 nitrogen and oxygen atoms in total. The molecule has 0 amide bonds. The molecule has 0 aromatic carbocycles. The molecule has 1 heterocycles. The number of hydrogen-bond donors (Lipinski definition) is 0. The van der Waals surface area contributed by atoms with Crippen LogP contribution < -0.4 is 0 Å². The van der Waals surface area contributed by atoms with Gasteiger partial charge in [-0.15, -0.1) is 0 Å². The lowest BCUT2D eigenvalue weighted by molar-refractivity contribution is -0.176. The zero-order valence-corrected chi connectivity index (χ0v) is 11.4. The van der Waals surface area contributed by atoms with Crippen LogP contribution in [0.25, 0.3) is 0 Å². The fraction of sp³-hybridized carbons (Fsp3) is 0.933. The van der Waals surface area contributed by atoms with Crippen molar-refractivity contribution in [2.24, 2.45) is 5.92 Å². The van der Waals surface area contributed by atoms with Crippen LogP contribution in [0.15, 0.2) is 0 Å². The monoisotopic (exact) mass is 254 g/mol. The second-order valence-corrected chi connectivity index (χ2v) is 5.72. The Labute approximate surface area is 110 Å². The van der Waals surface area contributed by atoms with Crippen molar-refractivity contribution in [3.8, 4) is 0 Å². The van der Waals surface area contributed by atoms with Crippen molar-refractivity contribution in [3.05, 3.63) is 0 Å². The molecule has 3 heteroatoms. The van der Waals surface area contributed by atoms with Gasteiger partial charge in [-0.3, -0.25) is 0 Å². The van der Waals surface area contributed by atoms with Gasteiger partial charge in [-0.05, 0) is 12.8 Å². The van der Waals surface area contributed by atoms with Crippen molar-refractivity contribution in [3.63, 3.8) is 0 Å². The molecule has 0 aromatic heterocycles. The summed E-state index contributed by atoms with van der Waals surface area (Å²) < 4.78 is 11.7. The number of carbonyl (C=O) groups excluding carboxylic acids is 1. The summed E-state index contributed by atoms with van der Waals surface area (Å²) in [6.45, 7) is 1.37.